The van der Waals surface area contributed by atoms with Gasteiger partial charge in [-0.2, -0.15) is 12.1 Å². The molecule has 2 aliphatic carbocycles. The minimum Gasteiger partial charge on any atom is -1.00 e. The molecule has 2 atom stereocenters. The molecule has 8 aromatic carbocycles. The second-order valence-electron chi connectivity index (χ2n) is 15.4. The Bertz CT molecular complexity index is 2560. The number of benzene rings is 6. The Morgan fingerprint density at radius 1 is 0.482 bits per heavy atom. The van der Waals surface area contributed by atoms with Crippen molar-refractivity contribution >= 4 is 72.8 Å². The predicted octanol–water partition coefficient (Wildman–Crippen LogP) is 9.54. The molecule has 2 aliphatic rings. The summed E-state index contributed by atoms with van der Waals surface area (Å²) in [5, 5.41) is 11.0. The topological polar surface area (TPSA) is 0 Å². The van der Waals surface area contributed by atoms with Gasteiger partial charge in [0.15, 0.2) is 0 Å². The van der Waals surface area contributed by atoms with Crippen LogP contribution in [0.5, 0.6) is 0 Å². The van der Waals surface area contributed by atoms with Gasteiger partial charge in [-0.25, -0.2) is 0 Å². The van der Waals surface area contributed by atoms with Crippen LogP contribution < -0.4 is 24.8 Å². The van der Waals surface area contributed by atoms with Crippen molar-refractivity contribution in [3.63, 3.8) is 0 Å². The standard InChI is InChI=1S/2C25H21.C2H6Si.2ClH.Zr/c2*1-3-16(2)20-14-19-7-5-8-21(24(19)15-20)22-13-12-18-11-10-17-6-4-9-23(22)25(17)18;1-3-2;;;/h2*4-16H,3H2,1-2H3;1-2H3;2*1H;/q2*-1;;;;+2/p-2. The van der Waals surface area contributed by atoms with Crippen molar-refractivity contribution in [1.29, 1.82) is 0 Å². The van der Waals surface area contributed by atoms with Crippen molar-refractivity contribution in [2.75, 3.05) is 0 Å². The zero-order chi connectivity index (χ0) is 37.5. The Labute approximate surface area is 360 Å². The van der Waals surface area contributed by atoms with Crippen molar-refractivity contribution in [3.8, 4) is 22.3 Å². The number of halogens is 2. The minimum absolute atomic E-state index is 0. The quantitative estimate of drug-likeness (QED) is 0.116. The molecule has 10 rings (SSSR count). The number of rotatable bonds is 6. The van der Waals surface area contributed by atoms with Crippen molar-refractivity contribution in [2.24, 2.45) is 0 Å². The fraction of sp³-hybridized carbons (Fsp3) is 0.192. The van der Waals surface area contributed by atoms with E-state index in [0.717, 1.165) is 0 Å². The average molecular weight is 863 g/mol. The SMILES string of the molecule is CCC(C)c1cc2c(-c3ccc4c5c(cccc35)C=C4)cccc2[cH-]1.CCC(C)c1cc2c(-c3ccc4c5c(cccc35)C=C4)cccc2[cH-]1.C[Si](C)=[Zr+2].[Cl-].[Cl-]. The summed E-state index contributed by atoms with van der Waals surface area (Å²) in [5.74, 6) is 1.22. The first-order valence-electron chi connectivity index (χ1n) is 19.6. The van der Waals surface area contributed by atoms with Crippen LogP contribution in [0.25, 0.3) is 89.6 Å². The first-order valence-corrected chi connectivity index (χ1v) is 25.8. The van der Waals surface area contributed by atoms with Crippen LogP contribution in [0.15, 0.2) is 121 Å². The van der Waals surface area contributed by atoms with Crippen LogP contribution in [-0.2, 0) is 23.3 Å². The van der Waals surface area contributed by atoms with Gasteiger partial charge in [0.1, 0.15) is 0 Å². The summed E-state index contributed by atoms with van der Waals surface area (Å²) in [7, 11) is 0. The van der Waals surface area contributed by atoms with Gasteiger partial charge >= 0.3 is 41.9 Å². The van der Waals surface area contributed by atoms with Crippen LogP contribution in [0.3, 0.4) is 0 Å². The van der Waals surface area contributed by atoms with Gasteiger partial charge < -0.3 is 24.8 Å². The normalized spacial score (nSPS) is 12.9. The molecular weight excluding hydrogens is 815 g/mol. The summed E-state index contributed by atoms with van der Waals surface area (Å²) in [5.41, 5.74) is 13.9. The molecular formula is C52H48Cl2SiZr-2. The summed E-state index contributed by atoms with van der Waals surface area (Å²) in [4.78, 5) is 0. The van der Waals surface area contributed by atoms with Gasteiger partial charge in [-0.3, -0.25) is 0 Å². The van der Waals surface area contributed by atoms with Gasteiger partial charge in [0.2, 0.25) is 0 Å². The predicted molar refractivity (Wildman–Crippen MR) is 238 cm³/mol. The van der Waals surface area contributed by atoms with E-state index in [1.807, 2.05) is 0 Å². The molecule has 280 valence electrons. The number of hydrogen-bond donors (Lipinski definition) is 0. The van der Waals surface area contributed by atoms with E-state index in [0.29, 0.717) is 11.8 Å². The van der Waals surface area contributed by atoms with E-state index in [4.69, 9.17) is 0 Å². The van der Waals surface area contributed by atoms with Gasteiger partial charge in [0.25, 0.3) is 0 Å². The molecule has 2 unspecified atom stereocenters. The second kappa shape index (κ2) is 17.8. The zero-order valence-corrected chi connectivity index (χ0v) is 38.2. The third-order valence-corrected chi connectivity index (χ3v) is 11.6. The van der Waals surface area contributed by atoms with E-state index in [9.17, 15) is 0 Å². The van der Waals surface area contributed by atoms with Crippen LogP contribution in [0.1, 0.15) is 85.8 Å². The Balaban J connectivity index is 0.000000168. The zero-order valence-electron chi connectivity index (χ0n) is 33.2. The maximum Gasteiger partial charge on any atom is -1.00 e. The monoisotopic (exact) mass is 860 g/mol. The van der Waals surface area contributed by atoms with E-state index in [-0.39, 0.29) is 30.2 Å². The third kappa shape index (κ3) is 7.88. The molecule has 0 fully saturated rings. The van der Waals surface area contributed by atoms with Crippen molar-refractivity contribution < 1.29 is 48.1 Å². The van der Waals surface area contributed by atoms with Gasteiger partial charge in [-0.05, 0) is 66.8 Å². The molecule has 8 aromatic rings. The Morgan fingerprint density at radius 2 is 0.821 bits per heavy atom. The molecule has 0 amide bonds. The van der Waals surface area contributed by atoms with E-state index < -0.39 is 0 Å². The number of hydrogen-bond acceptors (Lipinski definition) is 0. The largest absolute Gasteiger partial charge is 1.00 e. The summed E-state index contributed by atoms with van der Waals surface area (Å²) < 4.78 is 0. The Kier molecular flexibility index (Phi) is 13.3. The van der Waals surface area contributed by atoms with Crippen LogP contribution >= 0.6 is 0 Å². The molecule has 0 spiro atoms. The minimum atomic E-state index is 0. The fourth-order valence-corrected chi connectivity index (χ4v) is 8.34. The maximum absolute atomic E-state index is 2.40. The van der Waals surface area contributed by atoms with Crippen LogP contribution in [0.2, 0.25) is 13.1 Å². The molecule has 0 aromatic heterocycles. The summed E-state index contributed by atoms with van der Waals surface area (Å²) in [6.07, 6.45) is 11.3. The Hall–Kier alpha value is -3.78. The molecule has 0 nitrogen and oxygen atoms in total. The molecule has 0 aliphatic heterocycles. The van der Waals surface area contributed by atoms with Crippen molar-refractivity contribution in [2.45, 2.75) is 65.5 Å². The van der Waals surface area contributed by atoms with Crippen molar-refractivity contribution in [1.82, 2.24) is 0 Å². The second-order valence-corrected chi connectivity index (χ2v) is 24.8. The molecule has 56 heavy (non-hydrogen) atoms. The van der Waals surface area contributed by atoms with Gasteiger partial charge in [-0.15, -0.1) is 69.1 Å². The van der Waals surface area contributed by atoms with Crippen LogP contribution in [0.4, 0.5) is 0 Å². The molecule has 0 N–H and O–H groups in total. The van der Waals surface area contributed by atoms with E-state index in [2.05, 4.69) is 186 Å². The third-order valence-electron chi connectivity index (χ3n) is 11.6. The fourth-order valence-electron chi connectivity index (χ4n) is 8.34. The molecule has 0 bridgehead atoms. The molecule has 0 radical (unpaired) electrons. The van der Waals surface area contributed by atoms with Crippen LogP contribution in [-0.4, -0.2) is 5.43 Å². The molecule has 0 heterocycles. The summed E-state index contributed by atoms with van der Waals surface area (Å²) in [6, 6.07) is 45.4. The average Bonchev–Trinajstić information content (AvgIpc) is 4.01. The Morgan fingerprint density at radius 3 is 1.20 bits per heavy atom. The van der Waals surface area contributed by atoms with Crippen LogP contribution in [0, 0.1) is 0 Å². The van der Waals surface area contributed by atoms with Crippen molar-refractivity contribution in [3.05, 3.63) is 155 Å². The van der Waals surface area contributed by atoms with Gasteiger partial charge in [0, 0.05) is 0 Å². The first-order chi connectivity index (χ1) is 26.2. The number of fused-ring (bicyclic) bond motifs is 2. The molecule has 0 saturated carbocycles. The molecule has 0 saturated heterocycles. The van der Waals surface area contributed by atoms with Gasteiger partial charge in [-0.1, -0.05) is 149 Å². The van der Waals surface area contributed by atoms with E-state index in [1.165, 1.54) is 112 Å². The van der Waals surface area contributed by atoms with Gasteiger partial charge in [0.05, 0.1) is 0 Å². The van der Waals surface area contributed by atoms with E-state index in [1.54, 1.807) is 23.3 Å². The first kappa shape index (κ1) is 41.8. The maximum atomic E-state index is 2.40. The van der Waals surface area contributed by atoms with E-state index >= 15 is 0 Å². The summed E-state index contributed by atoms with van der Waals surface area (Å²) >= 11 is 1.74. The molecule has 4 heteroatoms. The smallest absolute Gasteiger partial charge is 1.00 e. The summed E-state index contributed by atoms with van der Waals surface area (Å²) in [6.45, 7) is 13.8.